The fourth-order valence-electron chi connectivity index (χ4n) is 2.84. The Balaban J connectivity index is 1.91. The molecule has 3 rings (SSSR count). The van der Waals surface area contributed by atoms with Gasteiger partial charge in [0, 0.05) is 12.6 Å². The first-order chi connectivity index (χ1) is 12.7. The van der Waals surface area contributed by atoms with Gasteiger partial charge in [0.15, 0.2) is 6.10 Å². The van der Waals surface area contributed by atoms with Crippen molar-refractivity contribution < 1.29 is 18.7 Å². The van der Waals surface area contributed by atoms with Crippen molar-refractivity contribution in [2.45, 2.75) is 33.8 Å². The first kappa shape index (κ1) is 18.6. The van der Waals surface area contributed by atoms with E-state index in [1.54, 1.807) is 19.1 Å². The van der Waals surface area contributed by atoms with Crippen molar-refractivity contribution in [1.29, 1.82) is 0 Å². The zero-order valence-electron chi connectivity index (χ0n) is 15.8. The monoisotopic (exact) mass is 368 g/mol. The van der Waals surface area contributed by atoms with E-state index in [9.17, 15) is 14.4 Å². The number of fused-ring (bicyclic) bond motifs is 1. The molecule has 27 heavy (non-hydrogen) atoms. The van der Waals surface area contributed by atoms with Gasteiger partial charge in [0.25, 0.3) is 5.56 Å². The van der Waals surface area contributed by atoms with Crippen molar-refractivity contribution in [2.24, 2.45) is 7.05 Å². The standard InChI is InChI=1S/C20H20N2O5/c1-10-6-7-14(8-11(10)2)17(23)13(4)27-20(25)15-12(3)26-18-16(15)19(24)22(5)9-21-18/h6-9,13H,1-5H3. The second-order valence-corrected chi connectivity index (χ2v) is 6.58. The van der Waals surface area contributed by atoms with Gasteiger partial charge in [-0.05, 0) is 44.9 Å². The maximum absolute atomic E-state index is 12.7. The zero-order chi connectivity index (χ0) is 19.9. The minimum atomic E-state index is -1.01. The van der Waals surface area contributed by atoms with Gasteiger partial charge < -0.3 is 13.7 Å². The third kappa shape index (κ3) is 3.28. The van der Waals surface area contributed by atoms with Gasteiger partial charge in [-0.2, -0.15) is 0 Å². The SMILES string of the molecule is Cc1ccc(C(=O)C(C)OC(=O)c2c(C)oc3ncn(C)c(=O)c23)cc1C. The number of rotatable bonds is 4. The van der Waals surface area contributed by atoms with Crippen LogP contribution in [0.4, 0.5) is 0 Å². The van der Waals surface area contributed by atoms with Gasteiger partial charge in [-0.1, -0.05) is 12.1 Å². The molecule has 1 unspecified atom stereocenters. The summed E-state index contributed by atoms with van der Waals surface area (Å²) in [6.45, 7) is 6.91. The number of ketones is 1. The number of aromatic nitrogens is 2. The highest BCUT2D eigenvalue weighted by Gasteiger charge is 2.27. The first-order valence-corrected chi connectivity index (χ1v) is 8.48. The van der Waals surface area contributed by atoms with Gasteiger partial charge in [-0.15, -0.1) is 0 Å². The summed E-state index contributed by atoms with van der Waals surface area (Å²) in [5.41, 5.74) is 2.15. The summed E-state index contributed by atoms with van der Waals surface area (Å²) < 4.78 is 12.0. The number of nitrogens with zero attached hydrogens (tertiary/aromatic N) is 2. The Morgan fingerprint density at radius 1 is 1.19 bits per heavy atom. The lowest BCUT2D eigenvalue weighted by atomic mass is 10.0. The minimum absolute atomic E-state index is 0.00145. The Bertz CT molecular complexity index is 1120. The topological polar surface area (TPSA) is 91.4 Å². The summed E-state index contributed by atoms with van der Waals surface area (Å²) in [6, 6.07) is 5.31. The molecular formula is C20H20N2O5. The van der Waals surface area contributed by atoms with Crippen molar-refractivity contribution >= 4 is 22.9 Å². The molecule has 1 atom stereocenters. The third-order valence-electron chi connectivity index (χ3n) is 4.60. The molecule has 0 saturated heterocycles. The van der Waals surface area contributed by atoms with Crippen molar-refractivity contribution in [1.82, 2.24) is 9.55 Å². The summed E-state index contributed by atoms with van der Waals surface area (Å²) in [5, 5.41) is 0.0494. The molecule has 0 aliphatic carbocycles. The lowest BCUT2D eigenvalue weighted by molar-refractivity contribution is 0.0318. The second kappa shape index (κ2) is 6.83. The number of Topliss-reactive ketones (excluding diaryl/α,β-unsaturated/α-hetero) is 1. The molecule has 7 nitrogen and oxygen atoms in total. The Kier molecular flexibility index (Phi) is 4.70. The second-order valence-electron chi connectivity index (χ2n) is 6.58. The quantitative estimate of drug-likeness (QED) is 0.519. The Morgan fingerprint density at radius 2 is 1.89 bits per heavy atom. The molecule has 140 valence electrons. The van der Waals surface area contributed by atoms with E-state index >= 15 is 0 Å². The number of furan rings is 1. The average molecular weight is 368 g/mol. The number of hydrogen-bond donors (Lipinski definition) is 0. The molecule has 1 aromatic carbocycles. The number of benzene rings is 1. The van der Waals surface area contributed by atoms with Gasteiger partial charge in [0.2, 0.25) is 11.5 Å². The number of esters is 1. The Labute approximate surface area is 155 Å². The number of aryl methyl sites for hydroxylation is 4. The molecule has 3 aromatic rings. The number of carbonyl (C=O) groups excluding carboxylic acids is 2. The van der Waals surface area contributed by atoms with Crippen LogP contribution in [0.25, 0.3) is 11.1 Å². The van der Waals surface area contributed by atoms with Crippen LogP contribution < -0.4 is 5.56 Å². The van der Waals surface area contributed by atoms with Gasteiger partial charge in [0.05, 0.1) is 0 Å². The first-order valence-electron chi connectivity index (χ1n) is 8.48. The van der Waals surface area contributed by atoms with Crippen molar-refractivity contribution in [3.05, 3.63) is 62.9 Å². The smallest absolute Gasteiger partial charge is 0.343 e. The molecule has 7 heteroatoms. The van der Waals surface area contributed by atoms with Crippen LogP contribution in [0.2, 0.25) is 0 Å². The normalized spacial score (nSPS) is 12.2. The predicted molar refractivity (Wildman–Crippen MR) is 99.1 cm³/mol. The molecule has 0 radical (unpaired) electrons. The van der Waals surface area contributed by atoms with Crippen LogP contribution >= 0.6 is 0 Å². The third-order valence-corrected chi connectivity index (χ3v) is 4.60. The maximum Gasteiger partial charge on any atom is 0.343 e. The summed E-state index contributed by atoms with van der Waals surface area (Å²) >= 11 is 0. The van der Waals surface area contributed by atoms with E-state index in [0.29, 0.717) is 5.56 Å². The predicted octanol–water partition coefficient (Wildman–Crippen LogP) is 2.88. The molecule has 0 bridgehead atoms. The number of ether oxygens (including phenoxy) is 1. The summed E-state index contributed by atoms with van der Waals surface area (Å²) in [4.78, 5) is 41.6. The number of hydrogen-bond acceptors (Lipinski definition) is 6. The van der Waals surface area contributed by atoms with E-state index in [1.807, 2.05) is 19.9 Å². The van der Waals surface area contributed by atoms with E-state index in [1.165, 1.54) is 24.9 Å². The van der Waals surface area contributed by atoms with Crippen molar-refractivity contribution in [3.8, 4) is 0 Å². The molecule has 2 aromatic heterocycles. The van der Waals surface area contributed by atoms with Gasteiger partial charge in [0.1, 0.15) is 23.0 Å². The molecular weight excluding hydrogens is 348 g/mol. The average Bonchev–Trinajstić information content (AvgIpc) is 2.96. The van der Waals surface area contributed by atoms with Gasteiger partial charge in [-0.3, -0.25) is 9.59 Å². The largest absolute Gasteiger partial charge is 0.451 e. The van der Waals surface area contributed by atoms with Crippen LogP contribution in [-0.2, 0) is 11.8 Å². The highest BCUT2D eigenvalue weighted by atomic mass is 16.5. The van der Waals surface area contributed by atoms with Crippen molar-refractivity contribution in [3.63, 3.8) is 0 Å². The maximum atomic E-state index is 12.7. The van der Waals surface area contributed by atoms with E-state index < -0.39 is 17.6 Å². The molecule has 0 aliphatic heterocycles. The molecule has 0 fully saturated rings. The van der Waals surface area contributed by atoms with Gasteiger partial charge >= 0.3 is 5.97 Å². The fraction of sp³-hybridized carbons (Fsp3) is 0.300. The highest BCUT2D eigenvalue weighted by molar-refractivity contribution is 6.06. The molecule has 2 heterocycles. The van der Waals surface area contributed by atoms with Gasteiger partial charge in [-0.25, -0.2) is 9.78 Å². The molecule has 0 spiro atoms. The van der Waals surface area contributed by atoms with E-state index in [0.717, 1.165) is 11.1 Å². The van der Waals surface area contributed by atoms with Crippen LogP contribution in [0.5, 0.6) is 0 Å². The summed E-state index contributed by atoms with van der Waals surface area (Å²) in [6.07, 6.45) is 0.304. The van der Waals surface area contributed by atoms with E-state index in [4.69, 9.17) is 9.15 Å². The lowest BCUT2D eigenvalue weighted by Gasteiger charge is -2.13. The molecule has 0 saturated carbocycles. The molecule has 0 N–H and O–H groups in total. The summed E-state index contributed by atoms with van der Waals surface area (Å²) in [7, 11) is 1.53. The lowest BCUT2D eigenvalue weighted by Crippen LogP contribution is -2.26. The highest BCUT2D eigenvalue weighted by Crippen LogP contribution is 2.22. The fourth-order valence-corrected chi connectivity index (χ4v) is 2.84. The molecule has 0 amide bonds. The Morgan fingerprint density at radius 3 is 2.56 bits per heavy atom. The van der Waals surface area contributed by atoms with E-state index in [2.05, 4.69) is 4.98 Å². The van der Waals surface area contributed by atoms with Crippen LogP contribution in [0.3, 0.4) is 0 Å². The van der Waals surface area contributed by atoms with Crippen LogP contribution in [0.1, 0.15) is 44.5 Å². The van der Waals surface area contributed by atoms with E-state index in [-0.39, 0.29) is 28.2 Å². The van der Waals surface area contributed by atoms with Crippen molar-refractivity contribution in [2.75, 3.05) is 0 Å². The molecule has 0 aliphatic rings. The summed E-state index contributed by atoms with van der Waals surface area (Å²) in [5.74, 6) is -0.888. The Hall–Kier alpha value is -3.22. The van der Waals surface area contributed by atoms with Crippen LogP contribution in [-0.4, -0.2) is 27.4 Å². The number of carbonyl (C=O) groups is 2. The van der Waals surface area contributed by atoms with Crippen LogP contribution in [0, 0.1) is 20.8 Å². The zero-order valence-corrected chi connectivity index (χ0v) is 15.8. The minimum Gasteiger partial charge on any atom is -0.451 e. The van der Waals surface area contributed by atoms with Crippen LogP contribution in [0.15, 0.2) is 33.7 Å².